The molecule has 0 bridgehead atoms. The van der Waals surface area contributed by atoms with Crippen molar-refractivity contribution in [1.29, 1.82) is 0 Å². The maximum Gasteiger partial charge on any atom is 0.269 e. The minimum Gasteiger partial charge on any atom is -0.491 e. The SMILES string of the molecule is CC(C)Oc1ccc(N(C)S(=O)(=O)c2ccc([N+](=O)[O-])cc2)cc1. The second kappa shape index (κ2) is 6.88. The maximum absolute atomic E-state index is 12.6. The number of non-ortho nitro benzene ring substituents is 1. The van der Waals surface area contributed by atoms with E-state index in [1.807, 2.05) is 13.8 Å². The third-order valence-corrected chi connectivity index (χ3v) is 5.08. The van der Waals surface area contributed by atoms with E-state index in [0.29, 0.717) is 11.4 Å². The maximum atomic E-state index is 12.6. The lowest BCUT2D eigenvalue weighted by molar-refractivity contribution is -0.384. The van der Waals surface area contributed by atoms with Crippen molar-refractivity contribution in [3.63, 3.8) is 0 Å². The summed E-state index contributed by atoms with van der Waals surface area (Å²) in [6, 6.07) is 11.4. The first-order valence-corrected chi connectivity index (χ1v) is 8.66. The van der Waals surface area contributed by atoms with Gasteiger partial charge in [0.05, 0.1) is 21.6 Å². The fraction of sp³-hybridized carbons (Fsp3) is 0.250. The Bertz CT molecular complexity index is 815. The van der Waals surface area contributed by atoms with Crippen molar-refractivity contribution in [2.75, 3.05) is 11.4 Å². The topological polar surface area (TPSA) is 89.8 Å². The van der Waals surface area contributed by atoms with Crippen molar-refractivity contribution in [2.45, 2.75) is 24.8 Å². The third kappa shape index (κ3) is 3.83. The van der Waals surface area contributed by atoms with Gasteiger partial charge in [0.1, 0.15) is 5.75 Å². The molecule has 24 heavy (non-hydrogen) atoms. The molecule has 0 aliphatic heterocycles. The van der Waals surface area contributed by atoms with Crippen molar-refractivity contribution < 1.29 is 18.1 Å². The van der Waals surface area contributed by atoms with Crippen LogP contribution in [0.4, 0.5) is 11.4 Å². The molecule has 0 atom stereocenters. The van der Waals surface area contributed by atoms with Crippen LogP contribution in [0.25, 0.3) is 0 Å². The van der Waals surface area contributed by atoms with Crippen LogP contribution in [-0.2, 0) is 10.0 Å². The van der Waals surface area contributed by atoms with Crippen molar-refractivity contribution in [3.05, 3.63) is 58.6 Å². The zero-order valence-electron chi connectivity index (χ0n) is 13.5. The van der Waals surface area contributed by atoms with Crippen LogP contribution >= 0.6 is 0 Å². The molecule has 0 aromatic heterocycles. The Balaban J connectivity index is 2.26. The highest BCUT2D eigenvalue weighted by Crippen LogP contribution is 2.25. The second-order valence-electron chi connectivity index (χ2n) is 5.38. The van der Waals surface area contributed by atoms with Gasteiger partial charge in [0, 0.05) is 19.2 Å². The van der Waals surface area contributed by atoms with E-state index in [2.05, 4.69) is 0 Å². The molecule has 2 rings (SSSR count). The normalized spacial score (nSPS) is 11.3. The predicted molar refractivity (Wildman–Crippen MR) is 90.9 cm³/mol. The summed E-state index contributed by atoms with van der Waals surface area (Å²) in [4.78, 5) is 10.1. The number of ether oxygens (including phenoxy) is 1. The monoisotopic (exact) mass is 350 g/mol. The Morgan fingerprint density at radius 1 is 1.04 bits per heavy atom. The summed E-state index contributed by atoms with van der Waals surface area (Å²) in [5.41, 5.74) is 0.302. The molecule has 7 nitrogen and oxygen atoms in total. The number of sulfonamides is 1. The lowest BCUT2D eigenvalue weighted by Crippen LogP contribution is -2.26. The molecule has 0 fully saturated rings. The van der Waals surface area contributed by atoms with E-state index < -0.39 is 14.9 Å². The van der Waals surface area contributed by atoms with Crippen molar-refractivity contribution in [3.8, 4) is 5.75 Å². The Morgan fingerprint density at radius 3 is 2.04 bits per heavy atom. The van der Waals surface area contributed by atoms with Crippen LogP contribution in [0.15, 0.2) is 53.4 Å². The smallest absolute Gasteiger partial charge is 0.269 e. The van der Waals surface area contributed by atoms with Gasteiger partial charge in [0.15, 0.2) is 0 Å². The van der Waals surface area contributed by atoms with Gasteiger partial charge in [-0.3, -0.25) is 14.4 Å². The number of rotatable bonds is 6. The molecular formula is C16H18N2O5S. The van der Waals surface area contributed by atoms with Gasteiger partial charge >= 0.3 is 0 Å². The molecule has 0 radical (unpaired) electrons. The molecule has 8 heteroatoms. The molecule has 0 aliphatic carbocycles. The lowest BCUT2D eigenvalue weighted by Gasteiger charge is -2.20. The largest absolute Gasteiger partial charge is 0.491 e. The highest BCUT2D eigenvalue weighted by molar-refractivity contribution is 7.92. The number of nitro benzene ring substituents is 1. The quantitative estimate of drug-likeness (QED) is 0.589. The van der Waals surface area contributed by atoms with E-state index >= 15 is 0 Å². The van der Waals surface area contributed by atoms with Crippen molar-refractivity contribution in [1.82, 2.24) is 0 Å². The molecule has 0 heterocycles. The molecule has 2 aromatic rings. The minimum absolute atomic E-state index is 0.0156. The summed E-state index contributed by atoms with van der Waals surface area (Å²) in [7, 11) is -2.37. The summed E-state index contributed by atoms with van der Waals surface area (Å²) in [5.74, 6) is 0.648. The van der Waals surface area contributed by atoms with E-state index in [4.69, 9.17) is 4.74 Å². The molecular weight excluding hydrogens is 332 g/mol. The summed E-state index contributed by atoms with van der Waals surface area (Å²) in [5, 5.41) is 10.7. The van der Waals surface area contributed by atoms with Crippen LogP contribution in [0.5, 0.6) is 5.75 Å². The van der Waals surface area contributed by atoms with Crippen LogP contribution < -0.4 is 9.04 Å². The number of nitrogens with zero attached hydrogens (tertiary/aromatic N) is 2. The second-order valence-corrected chi connectivity index (χ2v) is 7.35. The molecule has 0 saturated carbocycles. The first kappa shape index (κ1) is 17.7. The summed E-state index contributed by atoms with van der Waals surface area (Å²) in [6.07, 6.45) is 0.0254. The molecule has 0 aliphatic rings. The fourth-order valence-corrected chi connectivity index (χ4v) is 3.24. The number of benzene rings is 2. The minimum atomic E-state index is -3.80. The number of hydrogen-bond acceptors (Lipinski definition) is 5. The molecule has 2 aromatic carbocycles. The average Bonchev–Trinajstić information content (AvgIpc) is 2.54. The summed E-state index contributed by atoms with van der Waals surface area (Å²) >= 11 is 0. The van der Waals surface area contributed by atoms with Crippen LogP contribution in [0.3, 0.4) is 0 Å². The van der Waals surface area contributed by atoms with Gasteiger partial charge in [-0.2, -0.15) is 0 Å². The first-order valence-electron chi connectivity index (χ1n) is 7.22. The summed E-state index contributed by atoms with van der Waals surface area (Å²) < 4.78 is 31.8. The van der Waals surface area contributed by atoms with Crippen molar-refractivity contribution >= 4 is 21.4 Å². The first-order chi connectivity index (χ1) is 11.2. The molecule has 0 N–H and O–H groups in total. The fourth-order valence-electron chi connectivity index (χ4n) is 2.04. The van der Waals surface area contributed by atoms with Crippen molar-refractivity contribution in [2.24, 2.45) is 0 Å². The lowest BCUT2D eigenvalue weighted by atomic mass is 10.3. The van der Waals surface area contributed by atoms with E-state index in [9.17, 15) is 18.5 Å². The predicted octanol–water partition coefficient (Wildman–Crippen LogP) is 3.21. The van der Waals surface area contributed by atoms with Crippen LogP contribution in [0.2, 0.25) is 0 Å². The number of hydrogen-bond donors (Lipinski definition) is 0. The van der Waals surface area contributed by atoms with Gasteiger partial charge in [-0.05, 0) is 50.2 Å². The Kier molecular flexibility index (Phi) is 5.08. The highest BCUT2D eigenvalue weighted by atomic mass is 32.2. The molecule has 128 valence electrons. The molecule has 0 unspecified atom stereocenters. The van der Waals surface area contributed by atoms with Crippen LogP contribution in [0.1, 0.15) is 13.8 Å². The van der Waals surface area contributed by atoms with E-state index in [-0.39, 0.29) is 16.7 Å². The standard InChI is InChI=1S/C16H18N2O5S/c1-12(2)23-15-8-4-13(5-9-15)17(3)24(21,22)16-10-6-14(7-11-16)18(19)20/h4-12H,1-3H3. The number of anilines is 1. The van der Waals surface area contributed by atoms with Gasteiger partial charge in [-0.15, -0.1) is 0 Å². The molecule has 0 spiro atoms. The molecule has 0 saturated heterocycles. The zero-order valence-corrected chi connectivity index (χ0v) is 14.4. The van der Waals surface area contributed by atoms with E-state index in [1.165, 1.54) is 31.3 Å². The van der Waals surface area contributed by atoms with Gasteiger partial charge in [-0.1, -0.05) is 0 Å². The van der Waals surface area contributed by atoms with Crippen LogP contribution in [-0.4, -0.2) is 26.5 Å². The third-order valence-electron chi connectivity index (χ3n) is 3.28. The van der Waals surface area contributed by atoms with Gasteiger partial charge in [0.25, 0.3) is 15.7 Å². The highest BCUT2D eigenvalue weighted by Gasteiger charge is 2.22. The average molecular weight is 350 g/mol. The number of nitro groups is 1. The zero-order chi connectivity index (χ0) is 17.9. The van der Waals surface area contributed by atoms with Crippen LogP contribution in [0, 0.1) is 10.1 Å². The Hall–Kier alpha value is -2.61. The molecule has 0 amide bonds. The van der Waals surface area contributed by atoms with Gasteiger partial charge in [0.2, 0.25) is 0 Å². The Labute approximate surface area is 140 Å². The van der Waals surface area contributed by atoms with Gasteiger partial charge < -0.3 is 4.74 Å². The Morgan fingerprint density at radius 2 is 1.58 bits per heavy atom. The van der Waals surface area contributed by atoms with E-state index in [0.717, 1.165) is 4.31 Å². The summed E-state index contributed by atoms with van der Waals surface area (Å²) in [6.45, 7) is 3.80. The van der Waals surface area contributed by atoms with E-state index in [1.54, 1.807) is 24.3 Å². The van der Waals surface area contributed by atoms with Gasteiger partial charge in [-0.25, -0.2) is 8.42 Å².